The van der Waals surface area contributed by atoms with Gasteiger partial charge in [0.2, 0.25) is 0 Å². The second kappa shape index (κ2) is 14.6. The summed E-state index contributed by atoms with van der Waals surface area (Å²) >= 11 is 0. The topological polar surface area (TPSA) is 83.7 Å². The van der Waals surface area contributed by atoms with E-state index in [9.17, 15) is 5.11 Å². The molecule has 1 unspecified atom stereocenters. The van der Waals surface area contributed by atoms with Gasteiger partial charge in [-0.15, -0.1) is 24.0 Å². The van der Waals surface area contributed by atoms with E-state index in [0.717, 1.165) is 36.6 Å². The summed E-state index contributed by atoms with van der Waals surface area (Å²) in [5.41, 5.74) is 2.03. The summed E-state index contributed by atoms with van der Waals surface area (Å²) in [4.78, 5) is 9.07. The number of hydrogen-bond acceptors (Lipinski definition) is 4. The summed E-state index contributed by atoms with van der Waals surface area (Å²) in [7, 11) is 0. The molecule has 7 nitrogen and oxygen atoms in total. The van der Waals surface area contributed by atoms with Gasteiger partial charge in [-0.1, -0.05) is 42.5 Å². The van der Waals surface area contributed by atoms with E-state index in [-0.39, 0.29) is 36.6 Å². The van der Waals surface area contributed by atoms with Crippen LogP contribution in [-0.4, -0.2) is 46.4 Å². The number of rotatable bonds is 11. The fourth-order valence-electron chi connectivity index (χ4n) is 3.48. The Morgan fingerprint density at radius 2 is 1.91 bits per heavy atom. The first-order chi connectivity index (χ1) is 16.0. The molecule has 3 aromatic rings. The fraction of sp³-hybridized carbons (Fsp3) is 0.385. The monoisotopic (exact) mass is 577 g/mol. The number of nitrogens with zero attached hydrogens (tertiary/aromatic N) is 3. The molecule has 0 saturated heterocycles. The van der Waals surface area contributed by atoms with Crippen molar-refractivity contribution in [2.75, 3.05) is 19.6 Å². The highest BCUT2D eigenvalue weighted by molar-refractivity contribution is 14.0. The van der Waals surface area contributed by atoms with Crippen LogP contribution in [-0.2, 0) is 13.0 Å². The molecule has 3 N–H and O–H groups in total. The van der Waals surface area contributed by atoms with Gasteiger partial charge in [0.25, 0.3) is 0 Å². The van der Waals surface area contributed by atoms with Gasteiger partial charge in [-0.25, -0.2) is 4.98 Å². The van der Waals surface area contributed by atoms with Crippen LogP contribution in [0.2, 0.25) is 0 Å². The van der Waals surface area contributed by atoms with Crippen molar-refractivity contribution in [3.05, 3.63) is 83.9 Å². The summed E-state index contributed by atoms with van der Waals surface area (Å²) < 4.78 is 7.89. The molecule has 0 bridgehead atoms. The molecule has 184 valence electrons. The number of imidazole rings is 1. The van der Waals surface area contributed by atoms with E-state index in [1.165, 1.54) is 5.56 Å². The molecule has 0 aliphatic heterocycles. The standard InChI is InChI=1S/C26H35N5O2.HI/c1-4-27-26(30-18-24(32)22-11-8-12-23(17-22)33-20(2)3)29-14-13-25-28-15-16-31(25)19-21-9-6-5-7-10-21;/h5-12,15-17,20,24,32H,4,13-14,18-19H2,1-3H3,(H2,27,29,30);1H. The molecule has 8 heteroatoms. The van der Waals surface area contributed by atoms with Crippen molar-refractivity contribution in [3.63, 3.8) is 0 Å². The lowest BCUT2D eigenvalue weighted by atomic mass is 10.1. The van der Waals surface area contributed by atoms with E-state index in [1.807, 2.05) is 63.5 Å². The molecule has 0 aliphatic carbocycles. The number of ether oxygens (including phenoxy) is 1. The summed E-state index contributed by atoms with van der Waals surface area (Å²) in [6.07, 6.45) is 3.99. The second-order valence-electron chi connectivity index (χ2n) is 8.11. The molecule has 0 saturated carbocycles. The number of halogens is 1. The largest absolute Gasteiger partial charge is 0.491 e. The van der Waals surface area contributed by atoms with Crippen LogP contribution in [0.4, 0.5) is 0 Å². The number of hydrogen-bond donors (Lipinski definition) is 3. The highest BCUT2D eigenvalue weighted by Gasteiger charge is 2.10. The zero-order chi connectivity index (χ0) is 23.5. The third kappa shape index (κ3) is 8.98. The Bertz CT molecular complexity index is 1010. The first-order valence-electron chi connectivity index (χ1n) is 11.6. The SMILES string of the molecule is CCNC(=NCC(O)c1cccc(OC(C)C)c1)NCCc1nccn1Cc1ccccc1.I. The number of guanidine groups is 1. The highest BCUT2D eigenvalue weighted by atomic mass is 127. The van der Waals surface area contributed by atoms with Crippen molar-refractivity contribution in [1.29, 1.82) is 0 Å². The Kier molecular flexibility index (Phi) is 11.9. The van der Waals surface area contributed by atoms with Crippen molar-refractivity contribution in [2.24, 2.45) is 4.99 Å². The normalized spacial score (nSPS) is 12.2. The molecule has 0 spiro atoms. The Balaban J connectivity index is 0.00000408. The summed E-state index contributed by atoms with van der Waals surface area (Å²) in [6.45, 7) is 8.46. The van der Waals surface area contributed by atoms with E-state index in [1.54, 1.807) is 0 Å². The minimum absolute atomic E-state index is 0. The molecular weight excluding hydrogens is 541 g/mol. The second-order valence-corrected chi connectivity index (χ2v) is 8.11. The number of aliphatic hydroxyl groups is 1. The molecular formula is C26H36IN5O2. The molecule has 0 radical (unpaired) electrons. The maximum atomic E-state index is 10.6. The molecule has 3 rings (SSSR count). The van der Waals surface area contributed by atoms with E-state index in [2.05, 4.69) is 49.4 Å². The fourth-order valence-corrected chi connectivity index (χ4v) is 3.48. The zero-order valence-corrected chi connectivity index (χ0v) is 22.5. The minimum atomic E-state index is -0.707. The number of aliphatic imine (C=N–C) groups is 1. The lowest BCUT2D eigenvalue weighted by molar-refractivity contribution is 0.185. The van der Waals surface area contributed by atoms with Gasteiger partial charge in [0.15, 0.2) is 5.96 Å². The van der Waals surface area contributed by atoms with Crippen LogP contribution >= 0.6 is 24.0 Å². The molecule has 0 aliphatic rings. The van der Waals surface area contributed by atoms with Gasteiger partial charge in [-0.3, -0.25) is 4.99 Å². The van der Waals surface area contributed by atoms with E-state index in [4.69, 9.17) is 4.74 Å². The Labute approximate surface area is 219 Å². The summed E-state index contributed by atoms with van der Waals surface area (Å²) in [5, 5.41) is 17.2. The van der Waals surface area contributed by atoms with Crippen molar-refractivity contribution in [3.8, 4) is 5.75 Å². The lowest BCUT2D eigenvalue weighted by Crippen LogP contribution is -2.38. The average molecular weight is 578 g/mol. The predicted octanol–water partition coefficient (Wildman–Crippen LogP) is 4.17. The summed E-state index contributed by atoms with van der Waals surface area (Å²) in [5.74, 6) is 2.44. The van der Waals surface area contributed by atoms with Crippen LogP contribution in [0, 0.1) is 0 Å². The number of aromatic nitrogens is 2. The zero-order valence-electron chi connectivity index (χ0n) is 20.1. The van der Waals surface area contributed by atoms with Gasteiger partial charge in [-0.2, -0.15) is 0 Å². The minimum Gasteiger partial charge on any atom is -0.491 e. The van der Waals surface area contributed by atoms with Crippen molar-refractivity contribution < 1.29 is 9.84 Å². The van der Waals surface area contributed by atoms with E-state index in [0.29, 0.717) is 12.5 Å². The van der Waals surface area contributed by atoms with Crippen LogP contribution in [0.25, 0.3) is 0 Å². The smallest absolute Gasteiger partial charge is 0.191 e. The van der Waals surface area contributed by atoms with Gasteiger partial charge < -0.3 is 25.0 Å². The molecule has 1 atom stereocenters. The maximum absolute atomic E-state index is 10.6. The average Bonchev–Trinajstić information content (AvgIpc) is 3.24. The highest BCUT2D eigenvalue weighted by Crippen LogP contribution is 2.20. The van der Waals surface area contributed by atoms with Gasteiger partial charge >= 0.3 is 0 Å². The third-order valence-corrected chi connectivity index (χ3v) is 5.02. The number of aliphatic hydroxyl groups excluding tert-OH is 1. The number of benzene rings is 2. The van der Waals surface area contributed by atoms with Crippen LogP contribution in [0.15, 0.2) is 72.0 Å². The first kappa shape index (κ1) is 27.7. The molecule has 0 amide bonds. The molecule has 34 heavy (non-hydrogen) atoms. The molecule has 0 fully saturated rings. The Hall–Kier alpha value is -2.59. The van der Waals surface area contributed by atoms with Gasteiger partial charge in [-0.05, 0) is 44.0 Å². The van der Waals surface area contributed by atoms with Crippen molar-refractivity contribution in [2.45, 2.75) is 45.9 Å². The van der Waals surface area contributed by atoms with Crippen molar-refractivity contribution in [1.82, 2.24) is 20.2 Å². The van der Waals surface area contributed by atoms with Crippen LogP contribution in [0.1, 0.15) is 43.8 Å². The van der Waals surface area contributed by atoms with Gasteiger partial charge in [0.1, 0.15) is 11.6 Å². The molecule has 1 heterocycles. The van der Waals surface area contributed by atoms with Crippen LogP contribution in [0.5, 0.6) is 5.75 Å². The molecule has 2 aromatic carbocycles. The third-order valence-electron chi connectivity index (χ3n) is 5.02. The van der Waals surface area contributed by atoms with Crippen LogP contribution in [0.3, 0.4) is 0 Å². The van der Waals surface area contributed by atoms with Crippen LogP contribution < -0.4 is 15.4 Å². The van der Waals surface area contributed by atoms with Gasteiger partial charge in [0.05, 0.1) is 18.8 Å². The number of nitrogens with one attached hydrogen (secondary N) is 2. The van der Waals surface area contributed by atoms with Gasteiger partial charge in [0, 0.05) is 38.4 Å². The predicted molar refractivity (Wildman–Crippen MR) is 148 cm³/mol. The van der Waals surface area contributed by atoms with E-state index >= 15 is 0 Å². The Morgan fingerprint density at radius 3 is 2.65 bits per heavy atom. The molecule has 1 aromatic heterocycles. The Morgan fingerprint density at radius 1 is 1.12 bits per heavy atom. The lowest BCUT2D eigenvalue weighted by Gasteiger charge is -2.15. The van der Waals surface area contributed by atoms with Crippen molar-refractivity contribution >= 4 is 29.9 Å². The maximum Gasteiger partial charge on any atom is 0.191 e. The van der Waals surface area contributed by atoms with E-state index < -0.39 is 6.10 Å². The quantitative estimate of drug-likeness (QED) is 0.181. The summed E-state index contributed by atoms with van der Waals surface area (Å²) in [6, 6.07) is 17.9. The first-order valence-corrected chi connectivity index (χ1v) is 11.6.